The lowest BCUT2D eigenvalue weighted by atomic mass is 9.98. The van der Waals surface area contributed by atoms with Crippen LogP contribution in [0.5, 0.6) is 5.75 Å². The standard InChI is InChI=1S/C16H14N2O3/c1-21-11-6-7-13(17)14(9-11)18-15(19)8-10-4-2-3-5-12(10)16(18)20/h2-7,9H,8,17H2,1H3. The number of carbonyl (C=O) groups excluding carboxylic acids is 2. The lowest BCUT2D eigenvalue weighted by molar-refractivity contribution is -0.117. The molecule has 3 rings (SSSR count). The Morgan fingerprint density at radius 2 is 1.90 bits per heavy atom. The van der Waals surface area contributed by atoms with Gasteiger partial charge in [-0.15, -0.1) is 0 Å². The quantitative estimate of drug-likeness (QED) is 0.675. The Hall–Kier alpha value is -2.82. The molecule has 2 N–H and O–H groups in total. The molecule has 2 aromatic rings. The van der Waals surface area contributed by atoms with Crippen LogP contribution < -0.4 is 15.4 Å². The van der Waals surface area contributed by atoms with Crippen molar-refractivity contribution in [2.75, 3.05) is 17.7 Å². The second-order valence-corrected chi connectivity index (χ2v) is 4.79. The summed E-state index contributed by atoms with van der Waals surface area (Å²) in [5.74, 6) is -0.112. The first-order valence-electron chi connectivity index (χ1n) is 6.50. The summed E-state index contributed by atoms with van der Waals surface area (Å²) in [6, 6.07) is 12.0. The first-order chi connectivity index (χ1) is 10.1. The van der Waals surface area contributed by atoms with Crippen molar-refractivity contribution >= 4 is 23.2 Å². The molecule has 1 aliphatic rings. The van der Waals surface area contributed by atoms with E-state index in [1.165, 1.54) is 7.11 Å². The van der Waals surface area contributed by atoms with Crippen molar-refractivity contribution in [3.63, 3.8) is 0 Å². The summed E-state index contributed by atoms with van der Waals surface area (Å²) in [7, 11) is 1.52. The third-order valence-corrected chi connectivity index (χ3v) is 3.52. The van der Waals surface area contributed by atoms with Crippen LogP contribution in [0.3, 0.4) is 0 Å². The SMILES string of the molecule is COc1ccc(N)c(N2C(=O)Cc3ccccc3C2=O)c1. The van der Waals surface area contributed by atoms with Crippen molar-refractivity contribution in [3.05, 3.63) is 53.6 Å². The van der Waals surface area contributed by atoms with E-state index in [1.807, 2.05) is 6.07 Å². The Bertz CT molecular complexity index is 740. The minimum absolute atomic E-state index is 0.179. The van der Waals surface area contributed by atoms with Crippen LogP contribution in [0.25, 0.3) is 0 Å². The maximum absolute atomic E-state index is 12.6. The van der Waals surface area contributed by atoms with Crippen molar-refractivity contribution in [2.24, 2.45) is 0 Å². The van der Waals surface area contributed by atoms with Crippen LogP contribution in [0.2, 0.25) is 0 Å². The van der Waals surface area contributed by atoms with E-state index in [9.17, 15) is 9.59 Å². The van der Waals surface area contributed by atoms with Gasteiger partial charge in [0, 0.05) is 11.6 Å². The molecular formula is C16H14N2O3. The Morgan fingerprint density at radius 3 is 2.67 bits per heavy atom. The number of carbonyl (C=O) groups is 2. The van der Waals surface area contributed by atoms with E-state index in [2.05, 4.69) is 0 Å². The highest BCUT2D eigenvalue weighted by Crippen LogP contribution is 2.32. The van der Waals surface area contributed by atoms with Gasteiger partial charge in [0.1, 0.15) is 5.75 Å². The number of nitrogen functional groups attached to an aromatic ring is 1. The van der Waals surface area contributed by atoms with Gasteiger partial charge in [0.15, 0.2) is 0 Å². The average Bonchev–Trinajstić information content (AvgIpc) is 2.49. The summed E-state index contributed by atoms with van der Waals surface area (Å²) >= 11 is 0. The molecule has 2 aromatic carbocycles. The zero-order valence-corrected chi connectivity index (χ0v) is 11.5. The molecule has 0 atom stereocenters. The van der Waals surface area contributed by atoms with E-state index in [0.717, 1.165) is 10.5 Å². The number of imide groups is 1. The predicted octanol–water partition coefficient (Wildman–Crippen LogP) is 2.01. The van der Waals surface area contributed by atoms with Gasteiger partial charge >= 0.3 is 0 Å². The van der Waals surface area contributed by atoms with Gasteiger partial charge in [-0.2, -0.15) is 0 Å². The first-order valence-corrected chi connectivity index (χ1v) is 6.50. The molecule has 2 amide bonds. The lowest BCUT2D eigenvalue weighted by Crippen LogP contribution is -2.42. The minimum Gasteiger partial charge on any atom is -0.497 e. The molecule has 5 nitrogen and oxygen atoms in total. The molecule has 0 saturated carbocycles. The lowest BCUT2D eigenvalue weighted by Gasteiger charge is -2.27. The third kappa shape index (κ3) is 2.12. The summed E-state index contributed by atoms with van der Waals surface area (Å²) in [5.41, 5.74) is 7.90. The number of amides is 2. The molecular weight excluding hydrogens is 268 g/mol. The van der Waals surface area contributed by atoms with Crippen LogP contribution >= 0.6 is 0 Å². The third-order valence-electron chi connectivity index (χ3n) is 3.52. The maximum Gasteiger partial charge on any atom is 0.265 e. The zero-order valence-electron chi connectivity index (χ0n) is 11.5. The van der Waals surface area contributed by atoms with E-state index in [0.29, 0.717) is 22.7 Å². The number of nitrogens with two attached hydrogens (primary N) is 1. The van der Waals surface area contributed by atoms with Gasteiger partial charge in [-0.3, -0.25) is 9.59 Å². The predicted molar refractivity (Wildman–Crippen MR) is 79.4 cm³/mol. The fourth-order valence-electron chi connectivity index (χ4n) is 2.45. The number of ether oxygens (including phenoxy) is 1. The molecule has 106 valence electrons. The van der Waals surface area contributed by atoms with Crippen molar-refractivity contribution in [3.8, 4) is 5.75 Å². The maximum atomic E-state index is 12.6. The van der Waals surface area contributed by atoms with E-state index in [4.69, 9.17) is 10.5 Å². The molecule has 0 radical (unpaired) electrons. The van der Waals surface area contributed by atoms with E-state index in [-0.39, 0.29) is 18.2 Å². The number of nitrogens with zero attached hydrogens (tertiary/aromatic N) is 1. The normalized spacial score (nSPS) is 14.0. The van der Waals surface area contributed by atoms with Crippen molar-refractivity contribution in [2.45, 2.75) is 6.42 Å². The molecule has 0 bridgehead atoms. The van der Waals surface area contributed by atoms with Gasteiger partial charge in [0.05, 0.1) is 24.9 Å². The second kappa shape index (κ2) is 4.94. The molecule has 0 spiro atoms. The van der Waals surface area contributed by atoms with Crippen LogP contribution in [-0.4, -0.2) is 18.9 Å². The molecule has 1 heterocycles. The Labute approximate surface area is 121 Å². The Morgan fingerprint density at radius 1 is 1.14 bits per heavy atom. The minimum atomic E-state index is -0.359. The van der Waals surface area contributed by atoms with E-state index < -0.39 is 0 Å². The summed E-state index contributed by atoms with van der Waals surface area (Å²) in [4.78, 5) is 26.0. The largest absolute Gasteiger partial charge is 0.497 e. The Balaban J connectivity index is 2.11. The van der Waals surface area contributed by atoms with Crippen molar-refractivity contribution in [1.29, 1.82) is 0 Å². The van der Waals surface area contributed by atoms with Gasteiger partial charge in [0.25, 0.3) is 5.91 Å². The molecule has 0 saturated heterocycles. The van der Waals surface area contributed by atoms with Crippen LogP contribution in [0, 0.1) is 0 Å². The molecule has 21 heavy (non-hydrogen) atoms. The Kier molecular flexibility index (Phi) is 3.10. The number of methoxy groups -OCH3 is 1. The molecule has 0 aliphatic carbocycles. The van der Waals surface area contributed by atoms with Gasteiger partial charge in [-0.1, -0.05) is 18.2 Å². The number of rotatable bonds is 2. The van der Waals surface area contributed by atoms with Gasteiger partial charge in [0.2, 0.25) is 5.91 Å². The summed E-state index contributed by atoms with van der Waals surface area (Å²) in [5, 5.41) is 0. The highest BCUT2D eigenvalue weighted by atomic mass is 16.5. The zero-order chi connectivity index (χ0) is 15.0. The van der Waals surface area contributed by atoms with Gasteiger partial charge < -0.3 is 10.5 Å². The molecule has 0 aromatic heterocycles. The topological polar surface area (TPSA) is 72.6 Å². The highest BCUT2D eigenvalue weighted by Gasteiger charge is 2.33. The first kappa shape index (κ1) is 13.2. The fraction of sp³-hybridized carbons (Fsp3) is 0.125. The van der Waals surface area contributed by atoms with Gasteiger partial charge in [-0.25, -0.2) is 4.90 Å². The average molecular weight is 282 g/mol. The highest BCUT2D eigenvalue weighted by molar-refractivity contribution is 6.25. The van der Waals surface area contributed by atoms with Gasteiger partial charge in [-0.05, 0) is 23.8 Å². The monoisotopic (exact) mass is 282 g/mol. The molecule has 0 fully saturated rings. The second-order valence-electron chi connectivity index (χ2n) is 4.79. The molecule has 1 aliphatic heterocycles. The van der Waals surface area contributed by atoms with Crippen molar-refractivity contribution in [1.82, 2.24) is 0 Å². The van der Waals surface area contributed by atoms with E-state index in [1.54, 1.807) is 36.4 Å². The van der Waals surface area contributed by atoms with Crippen LogP contribution in [0.4, 0.5) is 11.4 Å². The van der Waals surface area contributed by atoms with Crippen LogP contribution in [0.1, 0.15) is 15.9 Å². The number of hydrogen-bond acceptors (Lipinski definition) is 4. The van der Waals surface area contributed by atoms with Crippen LogP contribution in [-0.2, 0) is 11.2 Å². The molecule has 5 heteroatoms. The summed E-state index contributed by atoms with van der Waals surface area (Å²) < 4.78 is 5.14. The van der Waals surface area contributed by atoms with Crippen LogP contribution in [0.15, 0.2) is 42.5 Å². The summed E-state index contributed by atoms with van der Waals surface area (Å²) in [6.45, 7) is 0. The summed E-state index contributed by atoms with van der Waals surface area (Å²) in [6.07, 6.45) is 0.179. The number of hydrogen-bond donors (Lipinski definition) is 1. The smallest absolute Gasteiger partial charge is 0.265 e. The number of fused-ring (bicyclic) bond motifs is 1. The number of anilines is 2. The van der Waals surface area contributed by atoms with E-state index >= 15 is 0 Å². The molecule has 0 unspecified atom stereocenters. The number of benzene rings is 2. The fourth-order valence-corrected chi connectivity index (χ4v) is 2.45. The van der Waals surface area contributed by atoms with Crippen molar-refractivity contribution < 1.29 is 14.3 Å².